The Morgan fingerprint density at radius 1 is 1.35 bits per heavy atom. The van der Waals surface area contributed by atoms with E-state index in [0.717, 1.165) is 24.1 Å². The first-order chi connectivity index (χ1) is 12.2. The minimum absolute atomic E-state index is 0.198. The van der Waals surface area contributed by atoms with Crippen molar-refractivity contribution in [3.05, 3.63) is 45.8 Å². The summed E-state index contributed by atoms with van der Waals surface area (Å²) in [4.78, 5) is 23.3. The highest BCUT2D eigenvalue weighted by Gasteiger charge is 2.41. The molecule has 142 valence electrons. The summed E-state index contributed by atoms with van der Waals surface area (Å²) in [6, 6.07) is 0.300. The Balaban J connectivity index is 2.20. The first-order valence-electron chi connectivity index (χ1n) is 7.48. The number of aryl methyl sites for hydroxylation is 1. The van der Waals surface area contributed by atoms with Crippen molar-refractivity contribution in [2.45, 2.75) is 26.2 Å². The molecule has 1 aliphatic rings. The number of urea groups is 1. The van der Waals surface area contributed by atoms with Gasteiger partial charge in [0.2, 0.25) is 5.72 Å². The molecule has 7 nitrogen and oxygen atoms in total. The average Bonchev–Trinajstić information content (AvgIpc) is 2.97. The molecule has 1 aliphatic heterocycles. The number of amides is 3. The summed E-state index contributed by atoms with van der Waals surface area (Å²) in [5.74, 6) is -4.64. The van der Waals surface area contributed by atoms with E-state index in [0.29, 0.717) is 6.54 Å². The summed E-state index contributed by atoms with van der Waals surface area (Å²) in [6.45, 7) is 2.55. The van der Waals surface area contributed by atoms with Crippen LogP contribution in [-0.2, 0) is 16.1 Å². The third-order valence-electron chi connectivity index (χ3n) is 3.47. The van der Waals surface area contributed by atoms with Gasteiger partial charge in [-0.3, -0.25) is 4.79 Å². The summed E-state index contributed by atoms with van der Waals surface area (Å²) in [5, 5.41) is 5.13. The van der Waals surface area contributed by atoms with Crippen LogP contribution < -0.4 is 21.1 Å². The molecule has 1 atom stereocenters. The molecule has 1 aromatic rings. The Morgan fingerprint density at radius 2 is 2.04 bits per heavy atom. The van der Waals surface area contributed by atoms with Gasteiger partial charge in [0.15, 0.2) is 11.6 Å². The fourth-order valence-corrected chi connectivity index (χ4v) is 2.93. The Kier molecular flexibility index (Phi) is 6.16. The molecule has 0 fully saturated rings. The number of nitrogens with two attached hydrogens (primary N) is 1. The highest BCUT2D eigenvalue weighted by atomic mass is 32.2. The molecular weight excluding hydrogens is 373 g/mol. The maximum Gasteiger partial charge on any atom is 0.319 e. The second-order valence-corrected chi connectivity index (χ2v) is 6.22. The SMILES string of the molecule is CCNC(=O)NC1=CC(OCc2c(F)cc(C)c(F)c2F)(C(N)=O)NS1. The van der Waals surface area contributed by atoms with E-state index in [2.05, 4.69) is 15.4 Å². The molecule has 0 radical (unpaired) electrons. The van der Waals surface area contributed by atoms with Gasteiger partial charge in [-0.2, -0.15) is 0 Å². The third-order valence-corrected chi connectivity index (χ3v) is 4.31. The highest BCUT2D eigenvalue weighted by molar-refractivity contribution is 8.01. The smallest absolute Gasteiger partial charge is 0.319 e. The standard InChI is InChI=1S/C15H17F3N4O3S/c1-3-20-14(24)21-10-5-15(13(19)23,22-26-10)25-6-8-9(16)4-7(2)11(17)12(8)18/h4-5,22H,3,6H2,1-2H3,(H2,19,23)(H2,20,21,24). The second-order valence-electron chi connectivity index (χ2n) is 5.37. The van der Waals surface area contributed by atoms with E-state index in [1.54, 1.807) is 6.92 Å². The van der Waals surface area contributed by atoms with E-state index < -0.39 is 47.3 Å². The maximum absolute atomic E-state index is 13.9. The van der Waals surface area contributed by atoms with Crippen molar-refractivity contribution in [2.75, 3.05) is 6.54 Å². The van der Waals surface area contributed by atoms with Crippen LogP contribution in [0.15, 0.2) is 17.2 Å². The number of hydrogen-bond donors (Lipinski definition) is 4. The lowest BCUT2D eigenvalue weighted by Gasteiger charge is -2.23. The number of halogens is 3. The lowest BCUT2D eigenvalue weighted by atomic mass is 10.1. The van der Waals surface area contributed by atoms with Crippen molar-refractivity contribution in [1.82, 2.24) is 15.4 Å². The van der Waals surface area contributed by atoms with Gasteiger partial charge in [-0.1, -0.05) is 0 Å². The van der Waals surface area contributed by atoms with Gasteiger partial charge in [-0.15, -0.1) is 0 Å². The zero-order valence-corrected chi connectivity index (χ0v) is 14.7. The summed E-state index contributed by atoms with van der Waals surface area (Å²) in [5.41, 5.74) is 2.49. The van der Waals surface area contributed by atoms with Crippen molar-refractivity contribution in [3.8, 4) is 0 Å². The topological polar surface area (TPSA) is 105 Å². The normalized spacial score (nSPS) is 19.2. The predicted molar refractivity (Wildman–Crippen MR) is 88.8 cm³/mol. The molecule has 0 saturated heterocycles. The molecule has 0 aromatic heterocycles. The molecular formula is C15H17F3N4O3S. The maximum atomic E-state index is 13.9. The molecule has 0 aliphatic carbocycles. The quantitative estimate of drug-likeness (QED) is 0.435. The highest BCUT2D eigenvalue weighted by Crippen LogP contribution is 2.30. The molecule has 2 rings (SSSR count). The van der Waals surface area contributed by atoms with E-state index in [1.165, 1.54) is 6.92 Å². The molecule has 1 heterocycles. The minimum Gasteiger partial charge on any atom is -0.366 e. The van der Waals surface area contributed by atoms with Crippen molar-refractivity contribution >= 4 is 23.9 Å². The molecule has 0 saturated carbocycles. The molecule has 0 spiro atoms. The van der Waals surface area contributed by atoms with E-state index in [1.807, 2.05) is 0 Å². The number of hydrogen-bond acceptors (Lipinski definition) is 5. The summed E-state index contributed by atoms with van der Waals surface area (Å²) in [7, 11) is 0. The second kappa shape index (κ2) is 7.98. The van der Waals surface area contributed by atoms with E-state index in [4.69, 9.17) is 10.5 Å². The van der Waals surface area contributed by atoms with Gasteiger partial charge in [-0.05, 0) is 37.4 Å². The van der Waals surface area contributed by atoms with Crippen molar-refractivity contribution in [1.29, 1.82) is 0 Å². The van der Waals surface area contributed by atoms with Gasteiger partial charge in [0.25, 0.3) is 5.91 Å². The number of carbonyl (C=O) groups excluding carboxylic acids is 2. The van der Waals surface area contributed by atoms with Gasteiger partial charge < -0.3 is 21.1 Å². The van der Waals surface area contributed by atoms with Crippen LogP contribution in [0.25, 0.3) is 0 Å². The number of nitrogens with one attached hydrogen (secondary N) is 3. The molecule has 1 unspecified atom stereocenters. The van der Waals surface area contributed by atoms with Crippen LogP contribution in [0.2, 0.25) is 0 Å². The molecule has 11 heteroatoms. The van der Waals surface area contributed by atoms with Crippen LogP contribution in [0, 0.1) is 24.4 Å². The van der Waals surface area contributed by atoms with Crippen molar-refractivity contribution < 1.29 is 27.5 Å². The number of rotatable bonds is 6. The first-order valence-corrected chi connectivity index (χ1v) is 8.30. The van der Waals surface area contributed by atoms with E-state index >= 15 is 0 Å². The zero-order valence-electron chi connectivity index (χ0n) is 13.9. The van der Waals surface area contributed by atoms with Gasteiger partial charge in [-0.25, -0.2) is 22.7 Å². The van der Waals surface area contributed by atoms with Gasteiger partial charge in [0, 0.05) is 12.6 Å². The number of benzene rings is 1. The Hall–Kier alpha value is -2.24. The Labute approximate surface area is 151 Å². The molecule has 5 N–H and O–H groups in total. The van der Waals surface area contributed by atoms with Crippen molar-refractivity contribution in [2.24, 2.45) is 5.73 Å². The van der Waals surface area contributed by atoms with Crippen LogP contribution >= 0.6 is 11.9 Å². The van der Waals surface area contributed by atoms with Crippen LogP contribution in [0.5, 0.6) is 0 Å². The van der Waals surface area contributed by atoms with Crippen LogP contribution in [0.1, 0.15) is 18.1 Å². The molecule has 0 bridgehead atoms. The largest absolute Gasteiger partial charge is 0.366 e. The summed E-state index contributed by atoms with van der Waals surface area (Å²) in [6.07, 6.45) is 1.16. The first kappa shape index (κ1) is 20.1. The molecule has 3 amide bonds. The Bertz CT molecular complexity index is 775. The van der Waals surface area contributed by atoms with Crippen molar-refractivity contribution in [3.63, 3.8) is 0 Å². The minimum atomic E-state index is -1.93. The molecule has 1 aromatic carbocycles. The number of ether oxygens (including phenoxy) is 1. The fourth-order valence-electron chi connectivity index (χ4n) is 2.09. The van der Waals surface area contributed by atoms with Crippen LogP contribution in [-0.4, -0.2) is 24.2 Å². The number of carbonyl (C=O) groups is 2. The lowest BCUT2D eigenvalue weighted by molar-refractivity contribution is -0.140. The average molecular weight is 390 g/mol. The number of primary amides is 1. The van der Waals surface area contributed by atoms with Gasteiger partial charge >= 0.3 is 6.03 Å². The van der Waals surface area contributed by atoms with Crippen LogP contribution in [0.4, 0.5) is 18.0 Å². The molecule has 26 heavy (non-hydrogen) atoms. The summed E-state index contributed by atoms with van der Waals surface area (Å²) < 4.78 is 49.3. The van der Waals surface area contributed by atoms with Gasteiger partial charge in [0.05, 0.1) is 17.2 Å². The Morgan fingerprint density at radius 3 is 2.65 bits per heavy atom. The summed E-state index contributed by atoms with van der Waals surface area (Å²) >= 11 is 0.833. The van der Waals surface area contributed by atoms with Gasteiger partial charge in [0.1, 0.15) is 5.82 Å². The zero-order chi connectivity index (χ0) is 19.5. The predicted octanol–water partition coefficient (Wildman–Crippen LogP) is 1.52. The van der Waals surface area contributed by atoms with E-state index in [9.17, 15) is 22.8 Å². The third kappa shape index (κ3) is 4.11. The monoisotopic (exact) mass is 390 g/mol. The van der Waals surface area contributed by atoms with Crippen LogP contribution in [0.3, 0.4) is 0 Å². The lowest BCUT2D eigenvalue weighted by Crippen LogP contribution is -2.51. The van der Waals surface area contributed by atoms with E-state index in [-0.39, 0.29) is 10.6 Å². The fraction of sp³-hybridized carbons (Fsp3) is 0.333.